The number of benzene rings is 2. The number of nitrogens with zero attached hydrogens (tertiary/aromatic N) is 1. The maximum atomic E-state index is 12.4. The van der Waals surface area contributed by atoms with Gasteiger partial charge in [0.25, 0.3) is 5.91 Å². The molecule has 132 valence electrons. The second kappa shape index (κ2) is 7.93. The molecular formula is C20H18N2O3S. The monoisotopic (exact) mass is 366 g/mol. The molecule has 0 atom stereocenters. The lowest BCUT2D eigenvalue weighted by atomic mass is 10.1. The van der Waals surface area contributed by atoms with Gasteiger partial charge < -0.3 is 4.74 Å². The fourth-order valence-electron chi connectivity index (χ4n) is 2.48. The van der Waals surface area contributed by atoms with Crippen LogP contribution in [0.4, 0.5) is 5.13 Å². The predicted octanol–water partition coefficient (Wildman–Crippen LogP) is 4.55. The Hall–Kier alpha value is -2.99. The molecule has 0 bridgehead atoms. The summed E-state index contributed by atoms with van der Waals surface area (Å²) in [6.07, 6.45) is 0.842. The van der Waals surface area contributed by atoms with Crippen LogP contribution < -0.4 is 10.1 Å². The van der Waals surface area contributed by atoms with Crippen molar-refractivity contribution in [1.29, 1.82) is 0 Å². The minimum absolute atomic E-state index is 0.254. The van der Waals surface area contributed by atoms with Crippen LogP contribution in [0.5, 0.6) is 5.75 Å². The van der Waals surface area contributed by atoms with E-state index in [0.717, 1.165) is 22.6 Å². The zero-order valence-electron chi connectivity index (χ0n) is 14.5. The highest BCUT2D eigenvalue weighted by molar-refractivity contribution is 7.16. The summed E-state index contributed by atoms with van der Waals surface area (Å²) in [5.41, 5.74) is 2.40. The second-order valence-corrected chi connectivity index (χ2v) is 6.67. The Balaban J connectivity index is 1.77. The molecule has 0 saturated carbocycles. The fraction of sp³-hybridized carbons (Fsp3) is 0.150. The molecule has 5 nitrogen and oxygen atoms in total. The molecule has 2 aromatic carbocycles. The number of anilines is 1. The third-order valence-corrected chi connectivity index (χ3v) is 4.78. The molecule has 0 unspecified atom stereocenters. The molecule has 26 heavy (non-hydrogen) atoms. The lowest BCUT2D eigenvalue weighted by molar-refractivity contribution is -0.131. The van der Waals surface area contributed by atoms with Gasteiger partial charge in [-0.05, 0) is 30.7 Å². The number of esters is 1. The Morgan fingerprint density at radius 1 is 1.08 bits per heavy atom. The number of hydrogen-bond donors (Lipinski definition) is 1. The van der Waals surface area contributed by atoms with E-state index in [9.17, 15) is 9.59 Å². The van der Waals surface area contributed by atoms with Gasteiger partial charge in [-0.25, -0.2) is 4.98 Å². The van der Waals surface area contributed by atoms with E-state index in [0.29, 0.717) is 16.4 Å². The van der Waals surface area contributed by atoms with Crippen molar-refractivity contribution in [3.8, 4) is 17.0 Å². The molecule has 0 saturated heterocycles. The van der Waals surface area contributed by atoms with Crippen molar-refractivity contribution in [3.05, 3.63) is 65.0 Å². The van der Waals surface area contributed by atoms with Gasteiger partial charge in [-0.15, -0.1) is 11.3 Å². The molecule has 3 rings (SSSR count). The SMILES string of the molecule is CCc1sc(NC(=O)c2ccc(OC(C)=O)cc2)nc1-c1ccccc1. The average molecular weight is 366 g/mol. The quantitative estimate of drug-likeness (QED) is 0.531. The molecule has 1 amide bonds. The van der Waals surface area contributed by atoms with Crippen LogP contribution >= 0.6 is 11.3 Å². The number of thiazole rings is 1. The highest BCUT2D eigenvalue weighted by atomic mass is 32.1. The van der Waals surface area contributed by atoms with Crippen molar-refractivity contribution >= 4 is 28.3 Å². The summed E-state index contributed by atoms with van der Waals surface area (Å²) in [5.74, 6) is -0.246. The normalized spacial score (nSPS) is 10.4. The summed E-state index contributed by atoms with van der Waals surface area (Å²) in [4.78, 5) is 29.1. The van der Waals surface area contributed by atoms with Crippen LogP contribution in [-0.2, 0) is 11.2 Å². The maximum absolute atomic E-state index is 12.4. The van der Waals surface area contributed by atoms with Crippen LogP contribution in [0.25, 0.3) is 11.3 Å². The van der Waals surface area contributed by atoms with Crippen LogP contribution in [0, 0.1) is 0 Å². The molecule has 0 aliphatic carbocycles. The van der Waals surface area contributed by atoms with E-state index in [1.165, 1.54) is 18.3 Å². The number of aromatic nitrogens is 1. The first-order chi connectivity index (χ1) is 12.6. The van der Waals surface area contributed by atoms with Gasteiger partial charge in [0.1, 0.15) is 5.75 Å². The maximum Gasteiger partial charge on any atom is 0.308 e. The largest absolute Gasteiger partial charge is 0.427 e. The molecular weight excluding hydrogens is 348 g/mol. The molecule has 1 aromatic heterocycles. The van der Waals surface area contributed by atoms with Gasteiger partial charge in [-0.1, -0.05) is 37.3 Å². The zero-order valence-corrected chi connectivity index (χ0v) is 15.3. The summed E-state index contributed by atoms with van der Waals surface area (Å²) in [6.45, 7) is 3.40. The van der Waals surface area contributed by atoms with E-state index < -0.39 is 5.97 Å². The van der Waals surface area contributed by atoms with E-state index in [2.05, 4.69) is 17.2 Å². The first-order valence-electron chi connectivity index (χ1n) is 8.21. The Bertz CT molecular complexity index is 918. The van der Waals surface area contributed by atoms with Crippen molar-refractivity contribution < 1.29 is 14.3 Å². The summed E-state index contributed by atoms with van der Waals surface area (Å²) in [6, 6.07) is 16.3. The molecule has 1 heterocycles. The summed E-state index contributed by atoms with van der Waals surface area (Å²) in [7, 11) is 0. The minimum Gasteiger partial charge on any atom is -0.427 e. The summed E-state index contributed by atoms with van der Waals surface area (Å²) in [5, 5.41) is 3.41. The average Bonchev–Trinajstić information content (AvgIpc) is 3.05. The van der Waals surface area contributed by atoms with Crippen LogP contribution in [0.2, 0.25) is 0 Å². The van der Waals surface area contributed by atoms with Gasteiger partial charge in [0, 0.05) is 22.9 Å². The van der Waals surface area contributed by atoms with Gasteiger partial charge in [0.15, 0.2) is 5.13 Å². The molecule has 3 aromatic rings. The fourth-order valence-corrected chi connectivity index (χ4v) is 3.39. The highest BCUT2D eigenvalue weighted by Crippen LogP contribution is 2.31. The van der Waals surface area contributed by atoms with Crippen molar-refractivity contribution in [2.24, 2.45) is 0 Å². The molecule has 0 aliphatic rings. The van der Waals surface area contributed by atoms with Crippen molar-refractivity contribution in [2.45, 2.75) is 20.3 Å². The van der Waals surface area contributed by atoms with Gasteiger partial charge in [-0.3, -0.25) is 14.9 Å². The number of rotatable bonds is 5. The number of hydrogen-bond acceptors (Lipinski definition) is 5. The van der Waals surface area contributed by atoms with E-state index >= 15 is 0 Å². The second-order valence-electron chi connectivity index (χ2n) is 5.58. The first kappa shape index (κ1) is 17.8. The van der Waals surface area contributed by atoms with Crippen LogP contribution in [0.15, 0.2) is 54.6 Å². The molecule has 1 N–H and O–H groups in total. The number of carbonyl (C=O) groups is 2. The lowest BCUT2D eigenvalue weighted by Crippen LogP contribution is -2.11. The molecule has 0 aliphatic heterocycles. The van der Waals surface area contributed by atoms with Gasteiger partial charge >= 0.3 is 5.97 Å². The molecule has 6 heteroatoms. The smallest absolute Gasteiger partial charge is 0.308 e. The topological polar surface area (TPSA) is 68.3 Å². The number of carbonyl (C=O) groups excluding carboxylic acids is 2. The number of nitrogens with one attached hydrogen (secondary N) is 1. The molecule has 0 fully saturated rings. The predicted molar refractivity (Wildman–Crippen MR) is 103 cm³/mol. The Kier molecular flexibility index (Phi) is 5.43. The Labute approximate surface area is 155 Å². The van der Waals surface area contributed by atoms with Crippen LogP contribution in [-0.4, -0.2) is 16.9 Å². The van der Waals surface area contributed by atoms with Crippen LogP contribution in [0.3, 0.4) is 0 Å². The number of amides is 1. The lowest BCUT2D eigenvalue weighted by Gasteiger charge is -2.04. The van der Waals surface area contributed by atoms with Crippen molar-refractivity contribution in [1.82, 2.24) is 4.98 Å². The van der Waals surface area contributed by atoms with E-state index in [-0.39, 0.29) is 5.91 Å². The van der Waals surface area contributed by atoms with E-state index in [1.54, 1.807) is 24.3 Å². The zero-order chi connectivity index (χ0) is 18.5. The highest BCUT2D eigenvalue weighted by Gasteiger charge is 2.14. The first-order valence-corrected chi connectivity index (χ1v) is 9.03. The number of aryl methyl sites for hydroxylation is 1. The number of ether oxygens (including phenoxy) is 1. The molecule has 0 spiro atoms. The third kappa shape index (κ3) is 4.15. The van der Waals surface area contributed by atoms with Crippen molar-refractivity contribution in [2.75, 3.05) is 5.32 Å². The van der Waals surface area contributed by atoms with Gasteiger partial charge in [-0.2, -0.15) is 0 Å². The standard InChI is InChI=1S/C20H18N2O3S/c1-3-17-18(14-7-5-4-6-8-14)21-20(26-17)22-19(24)15-9-11-16(12-10-15)25-13(2)23/h4-12H,3H2,1-2H3,(H,21,22,24). The van der Waals surface area contributed by atoms with Gasteiger partial charge in [0.05, 0.1) is 5.69 Å². The summed E-state index contributed by atoms with van der Waals surface area (Å²) < 4.78 is 4.97. The Morgan fingerprint density at radius 3 is 2.38 bits per heavy atom. The summed E-state index contributed by atoms with van der Waals surface area (Å²) >= 11 is 1.48. The van der Waals surface area contributed by atoms with Crippen LogP contribution in [0.1, 0.15) is 29.1 Å². The van der Waals surface area contributed by atoms with E-state index in [4.69, 9.17) is 4.74 Å². The van der Waals surface area contributed by atoms with E-state index in [1.807, 2.05) is 30.3 Å². The van der Waals surface area contributed by atoms with Crippen molar-refractivity contribution in [3.63, 3.8) is 0 Å². The minimum atomic E-state index is -0.398. The molecule has 0 radical (unpaired) electrons. The third-order valence-electron chi connectivity index (χ3n) is 3.66. The van der Waals surface area contributed by atoms with Gasteiger partial charge in [0.2, 0.25) is 0 Å². The Morgan fingerprint density at radius 2 is 1.77 bits per heavy atom.